The first-order valence-electron chi connectivity index (χ1n) is 7.37. The Kier molecular flexibility index (Phi) is 4.13. The molecule has 2 aliphatic rings. The van der Waals surface area contributed by atoms with Crippen molar-refractivity contribution in [2.24, 2.45) is 0 Å². The van der Waals surface area contributed by atoms with Gasteiger partial charge in [-0.25, -0.2) is 12.8 Å². The molecule has 2 bridgehead atoms. The quantitative estimate of drug-likeness (QED) is 0.849. The molecule has 0 aromatic heterocycles. The van der Waals surface area contributed by atoms with Gasteiger partial charge in [0.15, 0.2) is 0 Å². The van der Waals surface area contributed by atoms with Crippen LogP contribution in [-0.2, 0) is 14.8 Å². The molecular weight excluding hydrogens is 309 g/mol. The number of methoxy groups -OCH3 is 2. The minimum Gasteiger partial charge on any atom is -0.495 e. The van der Waals surface area contributed by atoms with E-state index in [0.717, 1.165) is 18.9 Å². The van der Waals surface area contributed by atoms with Crippen LogP contribution in [0.4, 0.5) is 4.39 Å². The average Bonchev–Trinajstić information content (AvgIpc) is 2.79. The lowest BCUT2D eigenvalue weighted by atomic mass is 10.0. The van der Waals surface area contributed by atoms with Gasteiger partial charge in [0, 0.05) is 19.2 Å². The van der Waals surface area contributed by atoms with E-state index in [1.54, 1.807) is 11.4 Å². The lowest BCUT2D eigenvalue weighted by molar-refractivity contribution is 0.0349. The SMILES string of the molecule is COc1ccc(F)cc1S(=O)(=O)N1C2CCC1CC(OC)C2. The van der Waals surface area contributed by atoms with Crippen LogP contribution >= 0.6 is 0 Å². The van der Waals surface area contributed by atoms with Gasteiger partial charge in [-0.05, 0) is 43.9 Å². The molecule has 0 spiro atoms. The number of sulfonamides is 1. The molecule has 0 radical (unpaired) electrons. The zero-order chi connectivity index (χ0) is 15.9. The molecule has 2 unspecified atom stereocenters. The van der Waals surface area contributed by atoms with E-state index < -0.39 is 15.8 Å². The molecule has 0 amide bonds. The summed E-state index contributed by atoms with van der Waals surface area (Å²) in [4.78, 5) is -0.0947. The molecule has 122 valence electrons. The Morgan fingerprint density at radius 2 is 1.82 bits per heavy atom. The van der Waals surface area contributed by atoms with Crippen molar-refractivity contribution < 1.29 is 22.3 Å². The third-order valence-electron chi connectivity index (χ3n) is 4.64. The van der Waals surface area contributed by atoms with Gasteiger partial charge in [0.05, 0.1) is 13.2 Å². The van der Waals surface area contributed by atoms with E-state index in [1.807, 2.05) is 0 Å². The van der Waals surface area contributed by atoms with Crippen LogP contribution in [0.15, 0.2) is 23.1 Å². The Balaban J connectivity index is 1.99. The van der Waals surface area contributed by atoms with Crippen molar-refractivity contribution in [1.29, 1.82) is 0 Å². The van der Waals surface area contributed by atoms with Crippen LogP contribution in [-0.4, -0.2) is 45.1 Å². The zero-order valence-electron chi connectivity index (χ0n) is 12.7. The van der Waals surface area contributed by atoms with E-state index in [2.05, 4.69) is 0 Å². The highest BCUT2D eigenvalue weighted by atomic mass is 32.2. The molecule has 0 N–H and O–H groups in total. The van der Waals surface area contributed by atoms with E-state index in [0.29, 0.717) is 12.8 Å². The molecule has 22 heavy (non-hydrogen) atoms. The maximum atomic E-state index is 13.5. The Morgan fingerprint density at radius 1 is 1.18 bits per heavy atom. The van der Waals surface area contributed by atoms with Gasteiger partial charge in [-0.2, -0.15) is 4.31 Å². The normalized spacial score (nSPS) is 28.8. The molecule has 2 aliphatic heterocycles. The van der Waals surface area contributed by atoms with Gasteiger partial charge < -0.3 is 9.47 Å². The van der Waals surface area contributed by atoms with E-state index >= 15 is 0 Å². The predicted molar refractivity (Wildman–Crippen MR) is 78.8 cm³/mol. The number of benzene rings is 1. The first kappa shape index (κ1) is 15.7. The van der Waals surface area contributed by atoms with Gasteiger partial charge in [-0.1, -0.05) is 0 Å². The van der Waals surface area contributed by atoms with E-state index in [-0.39, 0.29) is 28.8 Å². The number of rotatable bonds is 4. The van der Waals surface area contributed by atoms with Crippen LogP contribution in [0.2, 0.25) is 0 Å². The fraction of sp³-hybridized carbons (Fsp3) is 0.600. The van der Waals surface area contributed by atoms with Crippen LogP contribution < -0.4 is 4.74 Å². The second-order valence-electron chi connectivity index (χ2n) is 5.84. The van der Waals surface area contributed by atoms with E-state index in [1.165, 1.54) is 19.2 Å². The molecule has 2 atom stereocenters. The highest BCUT2D eigenvalue weighted by Crippen LogP contribution is 2.42. The maximum Gasteiger partial charge on any atom is 0.247 e. The lowest BCUT2D eigenvalue weighted by Gasteiger charge is -2.37. The highest BCUT2D eigenvalue weighted by molar-refractivity contribution is 7.89. The molecule has 1 aromatic rings. The first-order valence-corrected chi connectivity index (χ1v) is 8.81. The minimum atomic E-state index is -3.78. The van der Waals surface area contributed by atoms with Crippen LogP contribution in [0.1, 0.15) is 25.7 Å². The van der Waals surface area contributed by atoms with Crippen LogP contribution in [0, 0.1) is 5.82 Å². The van der Waals surface area contributed by atoms with E-state index in [4.69, 9.17) is 9.47 Å². The zero-order valence-corrected chi connectivity index (χ0v) is 13.5. The molecule has 0 aliphatic carbocycles. The Hall–Kier alpha value is -1.18. The topological polar surface area (TPSA) is 55.8 Å². The summed E-state index contributed by atoms with van der Waals surface area (Å²) in [7, 11) is -0.738. The molecule has 1 aromatic carbocycles. The van der Waals surface area contributed by atoms with Gasteiger partial charge in [0.1, 0.15) is 16.5 Å². The molecular formula is C15H20FNO4S. The highest BCUT2D eigenvalue weighted by Gasteiger charge is 2.48. The number of fused-ring (bicyclic) bond motifs is 2. The Bertz CT molecular complexity index is 650. The monoisotopic (exact) mass is 329 g/mol. The lowest BCUT2D eigenvalue weighted by Crippen LogP contribution is -2.48. The van der Waals surface area contributed by atoms with Crippen molar-refractivity contribution in [2.75, 3.05) is 14.2 Å². The smallest absolute Gasteiger partial charge is 0.247 e. The third kappa shape index (κ3) is 2.51. The van der Waals surface area contributed by atoms with Crippen molar-refractivity contribution in [3.63, 3.8) is 0 Å². The van der Waals surface area contributed by atoms with Gasteiger partial charge in [-0.3, -0.25) is 0 Å². The number of halogens is 1. The summed E-state index contributed by atoms with van der Waals surface area (Å²) in [6.07, 6.45) is 3.11. The summed E-state index contributed by atoms with van der Waals surface area (Å²) in [5, 5.41) is 0. The van der Waals surface area contributed by atoms with Crippen molar-refractivity contribution >= 4 is 10.0 Å². The van der Waals surface area contributed by atoms with Crippen molar-refractivity contribution in [1.82, 2.24) is 4.31 Å². The molecule has 3 rings (SSSR count). The number of hydrogen-bond donors (Lipinski definition) is 0. The molecule has 0 saturated carbocycles. The van der Waals surface area contributed by atoms with Gasteiger partial charge in [0.2, 0.25) is 10.0 Å². The average molecular weight is 329 g/mol. The fourth-order valence-electron chi connectivity index (χ4n) is 3.63. The molecule has 7 heteroatoms. The second-order valence-corrected chi connectivity index (χ2v) is 7.66. The summed E-state index contributed by atoms with van der Waals surface area (Å²) >= 11 is 0. The minimum absolute atomic E-state index is 0.0818. The largest absolute Gasteiger partial charge is 0.495 e. The Morgan fingerprint density at radius 3 is 2.36 bits per heavy atom. The van der Waals surface area contributed by atoms with Crippen molar-refractivity contribution in [3.8, 4) is 5.75 Å². The van der Waals surface area contributed by atoms with Crippen LogP contribution in [0.25, 0.3) is 0 Å². The molecule has 2 saturated heterocycles. The van der Waals surface area contributed by atoms with Gasteiger partial charge >= 0.3 is 0 Å². The predicted octanol–water partition coefficient (Wildman–Crippen LogP) is 2.16. The summed E-state index contributed by atoms with van der Waals surface area (Å²) in [5.74, 6) is -0.409. The molecule has 5 nitrogen and oxygen atoms in total. The fourth-order valence-corrected chi connectivity index (χ4v) is 5.70. The summed E-state index contributed by atoms with van der Waals surface area (Å²) in [6.45, 7) is 0. The number of piperidine rings is 1. The third-order valence-corrected chi connectivity index (χ3v) is 6.66. The number of ether oxygens (including phenoxy) is 2. The van der Waals surface area contributed by atoms with Gasteiger partial charge in [-0.15, -0.1) is 0 Å². The standard InChI is InChI=1S/C15H20FNO4S/c1-20-13-8-11-4-5-12(9-13)17(11)22(18,19)15-7-10(16)3-6-14(15)21-2/h3,6-7,11-13H,4-5,8-9H2,1-2H3. The van der Waals surface area contributed by atoms with Crippen molar-refractivity contribution in [2.45, 2.75) is 48.8 Å². The number of nitrogens with zero attached hydrogens (tertiary/aromatic N) is 1. The maximum absolute atomic E-state index is 13.5. The molecule has 2 heterocycles. The first-order chi connectivity index (χ1) is 10.5. The van der Waals surface area contributed by atoms with Crippen molar-refractivity contribution in [3.05, 3.63) is 24.0 Å². The number of hydrogen-bond acceptors (Lipinski definition) is 4. The van der Waals surface area contributed by atoms with Crippen LogP contribution in [0.5, 0.6) is 5.75 Å². The summed E-state index contributed by atoms with van der Waals surface area (Å²) in [6, 6.07) is 3.43. The Labute approximate surface area is 130 Å². The second kappa shape index (κ2) is 5.79. The van der Waals surface area contributed by atoms with Crippen LogP contribution in [0.3, 0.4) is 0 Å². The summed E-state index contributed by atoms with van der Waals surface area (Å²) < 4.78 is 51.6. The van der Waals surface area contributed by atoms with E-state index in [9.17, 15) is 12.8 Å². The molecule has 2 fully saturated rings. The summed E-state index contributed by atoms with van der Waals surface area (Å²) in [5.41, 5.74) is 0. The van der Waals surface area contributed by atoms with Gasteiger partial charge in [0.25, 0.3) is 0 Å².